The lowest BCUT2D eigenvalue weighted by Gasteiger charge is -2.26. The first-order chi connectivity index (χ1) is 10.4. The highest BCUT2D eigenvalue weighted by Crippen LogP contribution is 2.25. The maximum atomic E-state index is 11.3. The van der Waals surface area contributed by atoms with Crippen molar-refractivity contribution >= 4 is 37.3 Å². The van der Waals surface area contributed by atoms with Gasteiger partial charge in [-0.05, 0) is 28.9 Å². The largest absolute Gasteiger partial charge is 0.364 e. The molecule has 2 rings (SSSR count). The van der Waals surface area contributed by atoms with E-state index in [1.165, 1.54) is 12.3 Å². The fourth-order valence-electron chi connectivity index (χ4n) is 2.19. The van der Waals surface area contributed by atoms with Crippen molar-refractivity contribution in [2.75, 3.05) is 43.0 Å². The Labute approximate surface area is 137 Å². The number of hydrogen-bond donors (Lipinski definition) is 1. The van der Waals surface area contributed by atoms with Crippen molar-refractivity contribution in [3.63, 3.8) is 0 Å². The third-order valence-electron chi connectivity index (χ3n) is 3.41. The minimum absolute atomic E-state index is 0.0709. The monoisotopic (exact) mass is 392 g/mol. The molecule has 1 saturated heterocycles. The number of anilines is 1. The van der Waals surface area contributed by atoms with Gasteiger partial charge < -0.3 is 10.2 Å². The van der Waals surface area contributed by atoms with Crippen LogP contribution in [0.25, 0.3) is 0 Å². The molecule has 2 heterocycles. The summed E-state index contributed by atoms with van der Waals surface area (Å²) in [6.07, 6.45) is 2.26. The van der Waals surface area contributed by atoms with Gasteiger partial charge in [0, 0.05) is 36.4 Å². The van der Waals surface area contributed by atoms with Gasteiger partial charge in [0.25, 0.3) is 0 Å². The molecule has 0 spiro atoms. The molecule has 0 saturated carbocycles. The van der Waals surface area contributed by atoms with E-state index in [1.807, 2.05) is 0 Å². The first-order valence-electron chi connectivity index (χ1n) is 6.84. The standard InChI is InChI=1S/C12H17BrN4O4S/c13-10-8-11(17(18)19)12(15-9-10)14-2-1-3-16-4-6-22(20,21)7-5-16/h8-9H,1-7H2,(H,14,15). The molecule has 1 aromatic heterocycles. The normalized spacial score (nSPS) is 18.0. The van der Waals surface area contributed by atoms with Gasteiger partial charge in [-0.25, -0.2) is 13.4 Å². The van der Waals surface area contributed by atoms with Crippen LogP contribution in [-0.2, 0) is 9.84 Å². The molecule has 0 aromatic carbocycles. The second-order valence-corrected chi connectivity index (χ2v) is 8.27. The quantitative estimate of drug-likeness (QED) is 0.441. The summed E-state index contributed by atoms with van der Waals surface area (Å²) < 4.78 is 23.2. The van der Waals surface area contributed by atoms with Crippen LogP contribution >= 0.6 is 15.9 Å². The molecule has 122 valence electrons. The van der Waals surface area contributed by atoms with E-state index in [4.69, 9.17) is 0 Å². The van der Waals surface area contributed by atoms with Crippen molar-refractivity contribution in [1.29, 1.82) is 0 Å². The summed E-state index contributed by atoms with van der Waals surface area (Å²) in [5.74, 6) is 0.662. The lowest BCUT2D eigenvalue weighted by Crippen LogP contribution is -2.41. The summed E-state index contributed by atoms with van der Waals surface area (Å²) >= 11 is 3.16. The van der Waals surface area contributed by atoms with Crippen LogP contribution in [0.3, 0.4) is 0 Å². The van der Waals surface area contributed by atoms with Crippen LogP contribution in [0, 0.1) is 10.1 Å². The van der Waals surface area contributed by atoms with Crippen LogP contribution in [0.2, 0.25) is 0 Å². The van der Waals surface area contributed by atoms with Gasteiger partial charge in [-0.2, -0.15) is 0 Å². The molecule has 0 atom stereocenters. The molecular formula is C12H17BrN4O4S. The zero-order valence-corrected chi connectivity index (χ0v) is 14.3. The number of rotatable bonds is 6. The number of nitrogens with zero attached hydrogens (tertiary/aromatic N) is 3. The van der Waals surface area contributed by atoms with Gasteiger partial charge in [0.1, 0.15) is 0 Å². The first kappa shape index (κ1) is 17.1. The molecule has 1 fully saturated rings. The Balaban J connectivity index is 1.79. The van der Waals surface area contributed by atoms with Crippen molar-refractivity contribution in [2.24, 2.45) is 0 Å². The predicted octanol–water partition coefficient (Wildman–Crippen LogP) is 1.28. The summed E-state index contributed by atoms with van der Waals surface area (Å²) in [6.45, 7) is 2.41. The fraction of sp³-hybridized carbons (Fsp3) is 0.583. The van der Waals surface area contributed by atoms with Crippen LogP contribution in [0.5, 0.6) is 0 Å². The zero-order valence-electron chi connectivity index (χ0n) is 11.9. The van der Waals surface area contributed by atoms with Gasteiger partial charge in [0.2, 0.25) is 5.82 Å². The number of nitrogens with one attached hydrogen (secondary N) is 1. The minimum atomic E-state index is -2.86. The Morgan fingerprint density at radius 1 is 1.41 bits per heavy atom. The maximum absolute atomic E-state index is 11.3. The third-order valence-corrected chi connectivity index (χ3v) is 5.45. The van der Waals surface area contributed by atoms with Crippen LogP contribution in [0.15, 0.2) is 16.7 Å². The van der Waals surface area contributed by atoms with Gasteiger partial charge >= 0.3 is 5.69 Å². The number of nitro groups is 1. The van der Waals surface area contributed by atoms with Gasteiger partial charge in [-0.3, -0.25) is 10.1 Å². The van der Waals surface area contributed by atoms with E-state index in [1.54, 1.807) is 0 Å². The second kappa shape index (κ2) is 7.34. The topological polar surface area (TPSA) is 105 Å². The highest BCUT2D eigenvalue weighted by atomic mass is 79.9. The van der Waals surface area contributed by atoms with E-state index >= 15 is 0 Å². The van der Waals surface area contributed by atoms with E-state index in [-0.39, 0.29) is 23.0 Å². The van der Waals surface area contributed by atoms with E-state index in [9.17, 15) is 18.5 Å². The van der Waals surface area contributed by atoms with Crippen molar-refractivity contribution in [3.8, 4) is 0 Å². The zero-order chi connectivity index (χ0) is 16.2. The van der Waals surface area contributed by atoms with Crippen LogP contribution in [-0.4, -0.2) is 60.9 Å². The SMILES string of the molecule is O=[N+]([O-])c1cc(Br)cnc1NCCCN1CCS(=O)(=O)CC1. The van der Waals surface area contributed by atoms with Crippen molar-refractivity contribution in [2.45, 2.75) is 6.42 Å². The Kier molecular flexibility index (Phi) is 5.70. The average Bonchev–Trinajstić information content (AvgIpc) is 2.46. The molecule has 0 amide bonds. The minimum Gasteiger partial charge on any atom is -0.364 e. The van der Waals surface area contributed by atoms with E-state index in [0.29, 0.717) is 24.1 Å². The first-order valence-corrected chi connectivity index (χ1v) is 9.45. The Bertz CT molecular complexity index is 639. The number of hydrogen-bond acceptors (Lipinski definition) is 7. The lowest BCUT2D eigenvalue weighted by atomic mass is 10.3. The van der Waals surface area contributed by atoms with Crippen LogP contribution < -0.4 is 5.32 Å². The lowest BCUT2D eigenvalue weighted by molar-refractivity contribution is -0.384. The molecular weight excluding hydrogens is 376 g/mol. The van der Waals surface area contributed by atoms with Crippen molar-refractivity contribution in [1.82, 2.24) is 9.88 Å². The summed E-state index contributed by atoms with van der Waals surface area (Å²) in [6, 6.07) is 1.41. The van der Waals surface area contributed by atoms with Gasteiger partial charge in [0.15, 0.2) is 9.84 Å². The molecule has 8 nitrogen and oxygen atoms in total. The Morgan fingerprint density at radius 2 is 2.09 bits per heavy atom. The predicted molar refractivity (Wildman–Crippen MR) is 86.8 cm³/mol. The number of sulfone groups is 1. The van der Waals surface area contributed by atoms with Gasteiger partial charge in [-0.15, -0.1) is 0 Å². The summed E-state index contributed by atoms with van der Waals surface area (Å²) in [5, 5.41) is 13.9. The third kappa shape index (κ3) is 4.89. The molecule has 0 unspecified atom stereocenters. The summed E-state index contributed by atoms with van der Waals surface area (Å²) in [4.78, 5) is 16.6. The van der Waals surface area contributed by atoms with E-state index < -0.39 is 14.8 Å². The maximum Gasteiger partial charge on any atom is 0.312 e. The smallest absolute Gasteiger partial charge is 0.312 e. The van der Waals surface area contributed by atoms with Crippen molar-refractivity contribution < 1.29 is 13.3 Å². The number of aromatic nitrogens is 1. The molecule has 0 bridgehead atoms. The molecule has 22 heavy (non-hydrogen) atoms. The molecule has 1 aromatic rings. The van der Waals surface area contributed by atoms with Gasteiger partial charge in [0.05, 0.1) is 16.4 Å². The number of halogens is 1. The second-order valence-electron chi connectivity index (χ2n) is 5.05. The molecule has 10 heteroatoms. The molecule has 0 aliphatic carbocycles. The van der Waals surface area contributed by atoms with Gasteiger partial charge in [-0.1, -0.05) is 0 Å². The molecule has 0 radical (unpaired) electrons. The highest BCUT2D eigenvalue weighted by molar-refractivity contribution is 9.10. The summed E-state index contributed by atoms with van der Waals surface area (Å²) in [5.41, 5.74) is -0.0709. The molecule has 1 aliphatic rings. The van der Waals surface area contributed by atoms with Crippen molar-refractivity contribution in [3.05, 3.63) is 26.9 Å². The summed E-state index contributed by atoms with van der Waals surface area (Å²) in [7, 11) is -2.86. The Hall–Kier alpha value is -1.26. The highest BCUT2D eigenvalue weighted by Gasteiger charge is 2.21. The van der Waals surface area contributed by atoms with Crippen LogP contribution in [0.1, 0.15) is 6.42 Å². The van der Waals surface area contributed by atoms with E-state index in [2.05, 4.69) is 31.1 Å². The molecule has 1 aliphatic heterocycles. The average molecular weight is 393 g/mol. The van der Waals surface area contributed by atoms with E-state index in [0.717, 1.165) is 13.0 Å². The Morgan fingerprint density at radius 3 is 2.73 bits per heavy atom. The molecule has 1 N–H and O–H groups in total. The fourth-order valence-corrected chi connectivity index (χ4v) is 3.78. The number of pyridine rings is 1. The van der Waals surface area contributed by atoms with Crippen LogP contribution in [0.4, 0.5) is 11.5 Å².